The lowest BCUT2D eigenvalue weighted by Gasteiger charge is -2.38. The molecule has 2 aliphatic heterocycles. The molecule has 0 bridgehead atoms. The summed E-state index contributed by atoms with van der Waals surface area (Å²) in [5.41, 5.74) is 3.51. The van der Waals surface area contributed by atoms with Crippen LogP contribution >= 0.6 is 0 Å². The monoisotopic (exact) mass is 430 g/mol. The molecular formula is C25H22N2O5. The molecule has 2 heterocycles. The topological polar surface area (TPSA) is 80.6 Å². The van der Waals surface area contributed by atoms with E-state index in [1.807, 2.05) is 59.6 Å². The second-order valence-corrected chi connectivity index (χ2v) is 7.62. The number of carbonyl (C=O) groups is 1. The van der Waals surface area contributed by atoms with Gasteiger partial charge in [-0.2, -0.15) is 5.10 Å². The molecule has 7 nitrogen and oxygen atoms in total. The van der Waals surface area contributed by atoms with E-state index in [0.717, 1.165) is 22.6 Å². The van der Waals surface area contributed by atoms with Crippen LogP contribution < -0.4 is 14.2 Å². The number of hydrogen-bond donors (Lipinski definition) is 1. The minimum atomic E-state index is -1.08. The number of benzene rings is 3. The van der Waals surface area contributed by atoms with Crippen LogP contribution in [0.1, 0.15) is 45.7 Å². The van der Waals surface area contributed by atoms with E-state index in [4.69, 9.17) is 19.3 Å². The van der Waals surface area contributed by atoms with Crippen molar-refractivity contribution >= 4 is 11.7 Å². The van der Waals surface area contributed by atoms with Crippen molar-refractivity contribution in [2.24, 2.45) is 5.10 Å². The van der Waals surface area contributed by atoms with Gasteiger partial charge < -0.3 is 19.3 Å². The largest absolute Gasteiger partial charge is 0.493 e. The van der Waals surface area contributed by atoms with E-state index >= 15 is 0 Å². The maximum atomic E-state index is 12.1. The van der Waals surface area contributed by atoms with Crippen molar-refractivity contribution in [2.75, 3.05) is 14.2 Å². The average Bonchev–Trinajstić information content (AvgIpc) is 3.29. The molecule has 0 unspecified atom stereocenters. The predicted octanol–water partition coefficient (Wildman–Crippen LogP) is 4.64. The molecule has 3 aromatic carbocycles. The quantitative estimate of drug-likeness (QED) is 0.635. The predicted molar refractivity (Wildman–Crippen MR) is 118 cm³/mol. The van der Waals surface area contributed by atoms with E-state index in [1.165, 1.54) is 20.3 Å². The second-order valence-electron chi connectivity index (χ2n) is 7.62. The van der Waals surface area contributed by atoms with Crippen molar-refractivity contribution in [3.63, 3.8) is 0 Å². The fourth-order valence-corrected chi connectivity index (χ4v) is 4.33. The minimum absolute atomic E-state index is 0.0742. The Bertz CT molecular complexity index is 1210. The zero-order valence-electron chi connectivity index (χ0n) is 17.7. The molecule has 2 atom stereocenters. The standard InChI is InChI=1S/C25H22N2O5/c1-30-22-12-17(18(25(28)29)13-23(22)31-2)24-27-20(16-10-6-7-11-21(16)32-24)14-19(26-27)15-8-4-3-5-9-15/h3-13,20,24H,14H2,1-2H3,(H,28,29)/t20-,24+/m1/s1. The third kappa shape index (κ3) is 3.22. The molecule has 0 spiro atoms. The van der Waals surface area contributed by atoms with Crippen LogP contribution in [-0.2, 0) is 0 Å². The smallest absolute Gasteiger partial charge is 0.336 e. The second kappa shape index (κ2) is 7.92. The van der Waals surface area contributed by atoms with Gasteiger partial charge in [0, 0.05) is 17.5 Å². The van der Waals surface area contributed by atoms with Gasteiger partial charge in [0.05, 0.1) is 31.5 Å². The van der Waals surface area contributed by atoms with Crippen LogP contribution in [0.15, 0.2) is 71.8 Å². The van der Waals surface area contributed by atoms with Crippen LogP contribution in [0, 0.1) is 0 Å². The summed E-state index contributed by atoms with van der Waals surface area (Å²) in [5, 5.41) is 16.7. The molecule has 0 aromatic heterocycles. The summed E-state index contributed by atoms with van der Waals surface area (Å²) in [6, 6.07) is 20.8. The number of nitrogens with zero attached hydrogens (tertiary/aromatic N) is 2. The molecule has 32 heavy (non-hydrogen) atoms. The third-order valence-corrected chi connectivity index (χ3v) is 5.86. The Hall–Kier alpha value is -4.00. The van der Waals surface area contributed by atoms with E-state index in [-0.39, 0.29) is 11.6 Å². The van der Waals surface area contributed by atoms with Crippen molar-refractivity contribution < 1.29 is 24.1 Å². The number of hydrazone groups is 1. The van der Waals surface area contributed by atoms with Crippen LogP contribution in [0.4, 0.5) is 0 Å². The van der Waals surface area contributed by atoms with Gasteiger partial charge in [-0.05, 0) is 23.8 Å². The Morgan fingerprint density at radius 1 is 1.00 bits per heavy atom. The van der Waals surface area contributed by atoms with Gasteiger partial charge in [0.2, 0.25) is 6.23 Å². The lowest BCUT2D eigenvalue weighted by atomic mass is 9.95. The highest BCUT2D eigenvalue weighted by molar-refractivity contribution is 6.02. The summed E-state index contributed by atoms with van der Waals surface area (Å²) in [6.07, 6.45) is -0.0432. The number of fused-ring (bicyclic) bond motifs is 3. The summed E-state index contributed by atoms with van der Waals surface area (Å²) >= 11 is 0. The van der Waals surface area contributed by atoms with Crippen molar-refractivity contribution in [3.8, 4) is 17.2 Å². The van der Waals surface area contributed by atoms with Crippen molar-refractivity contribution in [1.82, 2.24) is 5.01 Å². The molecule has 3 aromatic rings. The van der Waals surface area contributed by atoms with E-state index in [9.17, 15) is 9.90 Å². The Kier molecular flexibility index (Phi) is 4.93. The molecule has 5 rings (SSSR count). The number of methoxy groups -OCH3 is 2. The molecule has 0 amide bonds. The highest BCUT2D eigenvalue weighted by atomic mass is 16.5. The summed E-state index contributed by atoms with van der Waals surface area (Å²) < 4.78 is 17.1. The molecular weight excluding hydrogens is 408 g/mol. The Morgan fingerprint density at radius 3 is 2.41 bits per heavy atom. The fraction of sp³-hybridized carbons (Fsp3) is 0.200. The average molecular weight is 430 g/mol. The van der Waals surface area contributed by atoms with E-state index in [0.29, 0.717) is 23.5 Å². The van der Waals surface area contributed by atoms with Gasteiger partial charge in [0.15, 0.2) is 11.5 Å². The number of para-hydroxylation sites is 1. The van der Waals surface area contributed by atoms with Crippen LogP contribution in [0.3, 0.4) is 0 Å². The Morgan fingerprint density at radius 2 is 1.69 bits per heavy atom. The molecule has 0 saturated carbocycles. The maximum absolute atomic E-state index is 12.1. The SMILES string of the molecule is COc1cc(C(=O)O)c([C@@H]2Oc3ccccc3[C@H]3CC(c4ccccc4)=NN32)cc1OC. The molecule has 0 fully saturated rings. The molecule has 0 saturated heterocycles. The van der Waals surface area contributed by atoms with Gasteiger partial charge in [-0.25, -0.2) is 9.80 Å². The van der Waals surface area contributed by atoms with Crippen molar-refractivity contribution in [1.29, 1.82) is 0 Å². The summed E-state index contributed by atoms with van der Waals surface area (Å²) in [4.78, 5) is 12.1. The zero-order chi connectivity index (χ0) is 22.2. The van der Waals surface area contributed by atoms with Gasteiger partial charge >= 0.3 is 5.97 Å². The molecule has 2 aliphatic rings. The van der Waals surface area contributed by atoms with Crippen molar-refractivity contribution in [2.45, 2.75) is 18.7 Å². The van der Waals surface area contributed by atoms with Gasteiger partial charge in [0.1, 0.15) is 5.75 Å². The van der Waals surface area contributed by atoms with Gasteiger partial charge in [0.25, 0.3) is 0 Å². The van der Waals surface area contributed by atoms with Crippen molar-refractivity contribution in [3.05, 3.63) is 89.0 Å². The lowest BCUT2D eigenvalue weighted by Crippen LogP contribution is -2.34. The normalized spacial score (nSPS) is 18.8. The van der Waals surface area contributed by atoms with Crippen LogP contribution in [0.5, 0.6) is 17.2 Å². The Balaban J connectivity index is 1.67. The maximum Gasteiger partial charge on any atom is 0.336 e. The number of carboxylic acids is 1. The first kappa shape index (κ1) is 19.9. The number of hydrogen-bond acceptors (Lipinski definition) is 6. The van der Waals surface area contributed by atoms with Crippen LogP contribution in [0.25, 0.3) is 0 Å². The zero-order valence-corrected chi connectivity index (χ0v) is 17.7. The summed E-state index contributed by atoms with van der Waals surface area (Å²) in [5.74, 6) is 0.412. The molecule has 162 valence electrons. The summed E-state index contributed by atoms with van der Waals surface area (Å²) in [7, 11) is 2.99. The molecule has 1 N–H and O–H groups in total. The van der Waals surface area contributed by atoms with Gasteiger partial charge in [-0.3, -0.25) is 0 Å². The minimum Gasteiger partial charge on any atom is -0.493 e. The third-order valence-electron chi connectivity index (χ3n) is 5.86. The first-order valence-electron chi connectivity index (χ1n) is 10.3. The van der Waals surface area contributed by atoms with Gasteiger partial charge in [-0.15, -0.1) is 0 Å². The van der Waals surface area contributed by atoms with Gasteiger partial charge in [-0.1, -0.05) is 48.5 Å². The number of rotatable bonds is 5. The summed E-state index contributed by atoms with van der Waals surface area (Å²) in [6.45, 7) is 0. The van der Waals surface area contributed by atoms with E-state index in [2.05, 4.69) is 0 Å². The first-order valence-corrected chi connectivity index (χ1v) is 10.3. The molecule has 7 heteroatoms. The number of ether oxygens (including phenoxy) is 3. The fourth-order valence-electron chi connectivity index (χ4n) is 4.33. The first-order chi connectivity index (χ1) is 15.6. The van der Waals surface area contributed by atoms with E-state index < -0.39 is 12.2 Å². The number of aromatic carboxylic acids is 1. The molecule has 0 radical (unpaired) electrons. The van der Waals surface area contributed by atoms with Crippen LogP contribution in [-0.4, -0.2) is 36.0 Å². The molecule has 0 aliphatic carbocycles. The number of carboxylic acid groups (broad SMARTS) is 1. The Labute approximate surface area is 185 Å². The van der Waals surface area contributed by atoms with E-state index in [1.54, 1.807) is 6.07 Å². The van der Waals surface area contributed by atoms with Crippen LogP contribution in [0.2, 0.25) is 0 Å². The highest BCUT2D eigenvalue weighted by Crippen LogP contribution is 2.49. The lowest BCUT2D eigenvalue weighted by molar-refractivity contribution is -0.0199. The highest BCUT2D eigenvalue weighted by Gasteiger charge is 2.42.